The van der Waals surface area contributed by atoms with Crippen molar-refractivity contribution in [1.29, 1.82) is 0 Å². The summed E-state index contributed by atoms with van der Waals surface area (Å²) in [6.07, 6.45) is 5.50. The van der Waals surface area contributed by atoms with Crippen LogP contribution >= 0.6 is 15.9 Å². The molecule has 1 aliphatic heterocycles. The smallest absolute Gasteiger partial charge is 0.335 e. The van der Waals surface area contributed by atoms with E-state index in [2.05, 4.69) is 43.7 Å². The molecule has 0 saturated heterocycles. The van der Waals surface area contributed by atoms with Crippen LogP contribution in [-0.2, 0) is 21.4 Å². The number of tetrazole rings is 1. The summed E-state index contributed by atoms with van der Waals surface area (Å²) < 4.78 is 2.32. The monoisotopic (exact) mass is 628 g/mol. The first-order chi connectivity index (χ1) is 20.1. The second-order valence-corrected chi connectivity index (χ2v) is 11.6. The molecule has 2 amide bonds. The molecule has 1 aliphatic rings. The zero-order chi connectivity index (χ0) is 30.0. The van der Waals surface area contributed by atoms with Crippen LogP contribution in [0.4, 0.5) is 5.69 Å². The van der Waals surface area contributed by atoms with E-state index in [0.717, 1.165) is 27.6 Å². The van der Waals surface area contributed by atoms with Crippen LogP contribution in [0.15, 0.2) is 77.5 Å². The van der Waals surface area contributed by atoms with Crippen LogP contribution in [0.3, 0.4) is 0 Å². The first kappa shape index (κ1) is 28.9. The Morgan fingerprint density at radius 3 is 2.52 bits per heavy atom. The molecule has 1 atom stereocenters. The molecule has 10 nitrogen and oxygen atoms in total. The van der Waals surface area contributed by atoms with Crippen molar-refractivity contribution < 1.29 is 19.5 Å². The Bertz CT molecular complexity index is 1680. The van der Waals surface area contributed by atoms with Gasteiger partial charge in [0, 0.05) is 33.8 Å². The van der Waals surface area contributed by atoms with Gasteiger partial charge in [0.1, 0.15) is 12.4 Å². The Balaban J connectivity index is 1.52. The molecule has 0 radical (unpaired) electrons. The van der Waals surface area contributed by atoms with Crippen molar-refractivity contribution in [3.8, 4) is 5.69 Å². The van der Waals surface area contributed by atoms with E-state index < -0.39 is 23.3 Å². The standard InChI is InChI=1S/C31H29BrN6O4/c1-4-19-5-13-26(38-18-33-35-36-38)21(15-19)8-14-27(39)37-17-31(2,3)25-12-9-22(32)16-24(25)28(37)29(40)34-23-10-6-20(7-11-23)30(41)42/h5-16,18,28H,4,17H2,1-3H3,(H,34,40)(H,41,42)/b14-8+. The normalized spacial score (nSPS) is 15.8. The SMILES string of the molecule is CCc1ccc(-n2cnnn2)c(/C=C/C(=O)N2CC(C)(C)c3ccc(Br)cc3C2C(=O)Nc2ccc(C(=O)O)cc2)c1. The van der Waals surface area contributed by atoms with Crippen LogP contribution in [0.2, 0.25) is 0 Å². The molecule has 0 aliphatic carbocycles. The molecule has 11 heteroatoms. The third kappa shape index (κ3) is 5.87. The first-order valence-corrected chi connectivity index (χ1v) is 14.2. The van der Waals surface area contributed by atoms with Crippen LogP contribution in [0.5, 0.6) is 0 Å². The number of amides is 2. The lowest BCUT2D eigenvalue weighted by molar-refractivity contribution is -0.136. The Morgan fingerprint density at radius 2 is 1.86 bits per heavy atom. The molecule has 5 rings (SSSR count). The average molecular weight is 630 g/mol. The van der Waals surface area contributed by atoms with Crippen LogP contribution in [0.1, 0.15) is 59.4 Å². The minimum atomic E-state index is -1.06. The summed E-state index contributed by atoms with van der Waals surface area (Å²) >= 11 is 3.53. The third-order valence-electron chi connectivity index (χ3n) is 7.35. The number of aryl methyl sites for hydroxylation is 1. The topological polar surface area (TPSA) is 130 Å². The number of nitrogens with zero attached hydrogens (tertiary/aromatic N) is 5. The van der Waals surface area contributed by atoms with Gasteiger partial charge in [0.2, 0.25) is 5.91 Å². The summed E-state index contributed by atoms with van der Waals surface area (Å²) in [5.41, 5.74) is 4.35. The number of fused-ring (bicyclic) bond motifs is 1. The lowest BCUT2D eigenvalue weighted by Gasteiger charge is -2.44. The average Bonchev–Trinajstić information content (AvgIpc) is 3.50. The molecule has 2 N–H and O–H groups in total. The van der Waals surface area contributed by atoms with Gasteiger partial charge in [0.25, 0.3) is 5.91 Å². The van der Waals surface area contributed by atoms with Crippen LogP contribution in [0, 0.1) is 0 Å². The lowest BCUT2D eigenvalue weighted by Crippen LogP contribution is -2.51. The van der Waals surface area contributed by atoms with E-state index in [4.69, 9.17) is 0 Å². The minimum absolute atomic E-state index is 0.108. The number of nitrogens with one attached hydrogen (secondary N) is 1. The van der Waals surface area contributed by atoms with E-state index in [-0.39, 0.29) is 11.5 Å². The number of carboxylic acids is 1. The molecular weight excluding hydrogens is 600 g/mol. The predicted molar refractivity (Wildman–Crippen MR) is 161 cm³/mol. The van der Waals surface area contributed by atoms with E-state index in [1.54, 1.807) is 11.0 Å². The molecule has 42 heavy (non-hydrogen) atoms. The van der Waals surface area contributed by atoms with Crippen LogP contribution in [0.25, 0.3) is 11.8 Å². The van der Waals surface area contributed by atoms with Crippen molar-refractivity contribution in [1.82, 2.24) is 25.1 Å². The Morgan fingerprint density at radius 1 is 1.10 bits per heavy atom. The van der Waals surface area contributed by atoms with Gasteiger partial charge in [0.15, 0.2) is 0 Å². The highest BCUT2D eigenvalue weighted by Gasteiger charge is 2.43. The zero-order valence-corrected chi connectivity index (χ0v) is 24.9. The molecule has 3 aromatic carbocycles. The maximum atomic E-state index is 13.9. The number of carboxylic acid groups (broad SMARTS) is 1. The van der Waals surface area contributed by atoms with Gasteiger partial charge in [-0.1, -0.05) is 48.8 Å². The summed E-state index contributed by atoms with van der Waals surface area (Å²) in [5, 5.41) is 23.6. The van der Waals surface area contributed by atoms with Gasteiger partial charge in [-0.25, -0.2) is 4.79 Å². The van der Waals surface area contributed by atoms with Crippen molar-refractivity contribution in [3.63, 3.8) is 0 Å². The van der Waals surface area contributed by atoms with E-state index in [1.807, 2.05) is 50.2 Å². The summed E-state index contributed by atoms with van der Waals surface area (Å²) in [5.74, 6) is -1.80. The second-order valence-electron chi connectivity index (χ2n) is 10.7. The van der Waals surface area contributed by atoms with Crippen molar-refractivity contribution in [2.45, 2.75) is 38.6 Å². The van der Waals surface area contributed by atoms with Gasteiger partial charge >= 0.3 is 5.97 Å². The Labute approximate surface area is 251 Å². The van der Waals surface area contributed by atoms with Gasteiger partial charge in [-0.05, 0) is 88.1 Å². The van der Waals surface area contributed by atoms with E-state index in [0.29, 0.717) is 23.5 Å². The minimum Gasteiger partial charge on any atom is -0.478 e. The Kier molecular flexibility index (Phi) is 8.04. The van der Waals surface area contributed by atoms with Gasteiger partial charge in [-0.2, -0.15) is 4.68 Å². The molecule has 214 valence electrons. The maximum Gasteiger partial charge on any atom is 0.335 e. The number of aromatic carboxylic acids is 1. The molecule has 0 saturated carbocycles. The highest BCUT2D eigenvalue weighted by atomic mass is 79.9. The van der Waals surface area contributed by atoms with Crippen LogP contribution in [-0.4, -0.2) is 54.5 Å². The first-order valence-electron chi connectivity index (χ1n) is 13.4. The molecule has 4 aromatic rings. The summed E-state index contributed by atoms with van der Waals surface area (Å²) in [6, 6.07) is 16.6. The highest BCUT2D eigenvalue weighted by molar-refractivity contribution is 9.10. The quantitative estimate of drug-likeness (QED) is 0.269. The number of halogens is 1. The third-order valence-corrected chi connectivity index (χ3v) is 7.84. The number of aromatic nitrogens is 4. The molecule has 1 aromatic heterocycles. The second kappa shape index (κ2) is 11.7. The number of rotatable bonds is 7. The molecule has 2 heterocycles. The lowest BCUT2D eigenvalue weighted by atomic mass is 9.75. The zero-order valence-electron chi connectivity index (χ0n) is 23.3. The molecule has 0 fully saturated rings. The summed E-state index contributed by atoms with van der Waals surface area (Å²) in [6.45, 7) is 6.44. The van der Waals surface area contributed by atoms with Crippen molar-refractivity contribution in [2.75, 3.05) is 11.9 Å². The number of carbonyl (C=O) groups is 3. The van der Waals surface area contributed by atoms with Crippen LogP contribution < -0.4 is 5.32 Å². The fraction of sp³-hybridized carbons (Fsp3) is 0.226. The maximum absolute atomic E-state index is 13.9. The van der Waals surface area contributed by atoms with Crippen molar-refractivity contribution in [2.24, 2.45) is 0 Å². The molecule has 0 bridgehead atoms. The number of carbonyl (C=O) groups excluding carboxylic acids is 2. The number of benzene rings is 3. The molecular formula is C31H29BrN6O4. The van der Waals surface area contributed by atoms with E-state index >= 15 is 0 Å². The number of hydrogen-bond donors (Lipinski definition) is 2. The van der Waals surface area contributed by atoms with Gasteiger partial charge in [-0.3, -0.25) is 9.59 Å². The van der Waals surface area contributed by atoms with E-state index in [9.17, 15) is 19.5 Å². The molecule has 1 unspecified atom stereocenters. The number of anilines is 1. The van der Waals surface area contributed by atoms with Crippen molar-refractivity contribution in [3.05, 3.63) is 105 Å². The largest absolute Gasteiger partial charge is 0.478 e. The van der Waals surface area contributed by atoms with E-state index in [1.165, 1.54) is 41.4 Å². The summed E-state index contributed by atoms with van der Waals surface area (Å²) in [4.78, 5) is 40.6. The van der Waals surface area contributed by atoms with Gasteiger partial charge < -0.3 is 15.3 Å². The fourth-order valence-corrected chi connectivity index (χ4v) is 5.61. The van der Waals surface area contributed by atoms with Crippen molar-refractivity contribution >= 4 is 45.5 Å². The summed E-state index contributed by atoms with van der Waals surface area (Å²) in [7, 11) is 0. The molecule has 0 spiro atoms. The fourth-order valence-electron chi connectivity index (χ4n) is 5.24. The Hall–Kier alpha value is -4.64. The predicted octanol–water partition coefficient (Wildman–Crippen LogP) is 5.20. The van der Waals surface area contributed by atoms with Gasteiger partial charge in [-0.15, -0.1) is 5.10 Å². The number of hydrogen-bond acceptors (Lipinski definition) is 6. The highest BCUT2D eigenvalue weighted by Crippen LogP contribution is 2.41. The van der Waals surface area contributed by atoms with Gasteiger partial charge in [0.05, 0.1) is 11.3 Å².